The molecule has 0 saturated heterocycles. The first-order valence-electron chi connectivity index (χ1n) is 6.43. The van der Waals surface area contributed by atoms with Crippen LogP contribution in [0, 0.1) is 0 Å². The van der Waals surface area contributed by atoms with E-state index in [1.807, 2.05) is 24.3 Å². The van der Waals surface area contributed by atoms with Crippen molar-refractivity contribution in [2.75, 3.05) is 14.2 Å². The summed E-state index contributed by atoms with van der Waals surface area (Å²) >= 11 is 0. The molecule has 0 aliphatic carbocycles. The van der Waals surface area contributed by atoms with Crippen molar-refractivity contribution in [2.45, 2.75) is 0 Å². The van der Waals surface area contributed by atoms with Crippen molar-refractivity contribution < 1.29 is 9.47 Å². The van der Waals surface area contributed by atoms with Gasteiger partial charge in [0.1, 0.15) is 17.1 Å². The van der Waals surface area contributed by atoms with Crippen molar-refractivity contribution in [1.29, 1.82) is 0 Å². The van der Waals surface area contributed by atoms with Crippen LogP contribution in [0.3, 0.4) is 0 Å². The third-order valence-electron chi connectivity index (χ3n) is 3.24. The Hall–Kier alpha value is -2.82. The Morgan fingerprint density at radius 2 is 1.76 bits per heavy atom. The van der Waals surface area contributed by atoms with E-state index in [2.05, 4.69) is 4.98 Å². The Bertz CT molecular complexity index is 856. The number of rotatable bonds is 3. The lowest BCUT2D eigenvalue weighted by molar-refractivity contribution is 0.414. The lowest BCUT2D eigenvalue weighted by Crippen LogP contribution is -2.14. The van der Waals surface area contributed by atoms with Gasteiger partial charge < -0.3 is 9.47 Å². The van der Waals surface area contributed by atoms with E-state index in [1.54, 1.807) is 32.5 Å². The molecule has 3 rings (SSSR count). The molecule has 0 spiro atoms. The summed E-state index contributed by atoms with van der Waals surface area (Å²) in [4.78, 5) is 16.7. The molecule has 5 heteroatoms. The lowest BCUT2D eigenvalue weighted by Gasteiger charge is -2.07. The van der Waals surface area contributed by atoms with Crippen molar-refractivity contribution in [3.05, 3.63) is 59.0 Å². The molecule has 0 radical (unpaired) electrons. The SMILES string of the molecule is COc1cccc(-c2cc(=O)n3ccc(OC)cc3n2)c1. The minimum absolute atomic E-state index is 0.138. The van der Waals surface area contributed by atoms with Gasteiger partial charge in [0.15, 0.2) is 0 Å². The van der Waals surface area contributed by atoms with Crippen LogP contribution in [0.4, 0.5) is 0 Å². The highest BCUT2D eigenvalue weighted by molar-refractivity contribution is 5.63. The predicted octanol–water partition coefficient (Wildman–Crippen LogP) is 2.38. The second-order valence-electron chi connectivity index (χ2n) is 4.51. The average Bonchev–Trinajstić information content (AvgIpc) is 2.54. The molecule has 0 aliphatic rings. The number of ether oxygens (including phenoxy) is 2. The van der Waals surface area contributed by atoms with Gasteiger partial charge in [-0.15, -0.1) is 0 Å². The van der Waals surface area contributed by atoms with Crippen LogP contribution in [0.5, 0.6) is 11.5 Å². The third-order valence-corrected chi connectivity index (χ3v) is 3.24. The van der Waals surface area contributed by atoms with E-state index >= 15 is 0 Å². The highest BCUT2D eigenvalue weighted by Crippen LogP contribution is 2.22. The number of fused-ring (bicyclic) bond motifs is 1. The maximum Gasteiger partial charge on any atom is 0.258 e. The van der Waals surface area contributed by atoms with E-state index in [0.717, 1.165) is 11.3 Å². The monoisotopic (exact) mass is 282 g/mol. The molecule has 0 N–H and O–H groups in total. The number of hydrogen-bond acceptors (Lipinski definition) is 4. The highest BCUT2D eigenvalue weighted by atomic mass is 16.5. The van der Waals surface area contributed by atoms with Crippen LogP contribution in [0.15, 0.2) is 53.5 Å². The molecular formula is C16H14N2O3. The van der Waals surface area contributed by atoms with Gasteiger partial charge in [0, 0.05) is 23.9 Å². The van der Waals surface area contributed by atoms with E-state index < -0.39 is 0 Å². The minimum atomic E-state index is -0.138. The molecule has 2 aromatic heterocycles. The molecule has 21 heavy (non-hydrogen) atoms. The van der Waals surface area contributed by atoms with E-state index in [9.17, 15) is 4.79 Å². The number of aromatic nitrogens is 2. The van der Waals surface area contributed by atoms with Crippen LogP contribution in [-0.2, 0) is 0 Å². The fourth-order valence-electron chi connectivity index (χ4n) is 2.14. The molecule has 0 saturated carbocycles. The number of benzene rings is 1. The smallest absolute Gasteiger partial charge is 0.258 e. The Labute approximate surface area is 121 Å². The number of nitrogens with zero attached hydrogens (tertiary/aromatic N) is 2. The molecule has 2 heterocycles. The van der Waals surface area contributed by atoms with E-state index in [4.69, 9.17) is 9.47 Å². The molecule has 0 bridgehead atoms. The first kappa shape index (κ1) is 13.2. The summed E-state index contributed by atoms with van der Waals surface area (Å²) in [5.41, 5.74) is 1.84. The van der Waals surface area contributed by atoms with Crippen LogP contribution in [0.25, 0.3) is 16.9 Å². The summed E-state index contributed by atoms with van der Waals surface area (Å²) in [5.74, 6) is 1.38. The molecule has 5 nitrogen and oxygen atoms in total. The average molecular weight is 282 g/mol. The van der Waals surface area contributed by atoms with Crippen molar-refractivity contribution in [2.24, 2.45) is 0 Å². The Morgan fingerprint density at radius 3 is 2.52 bits per heavy atom. The number of methoxy groups -OCH3 is 2. The van der Waals surface area contributed by atoms with Crippen molar-refractivity contribution in [3.63, 3.8) is 0 Å². The number of pyridine rings is 1. The van der Waals surface area contributed by atoms with E-state index in [0.29, 0.717) is 17.1 Å². The Morgan fingerprint density at radius 1 is 1.00 bits per heavy atom. The maximum atomic E-state index is 12.2. The Kier molecular flexibility index (Phi) is 3.31. The summed E-state index contributed by atoms with van der Waals surface area (Å²) in [7, 11) is 3.18. The molecule has 0 atom stereocenters. The predicted molar refractivity (Wildman–Crippen MR) is 80.0 cm³/mol. The van der Waals surface area contributed by atoms with Gasteiger partial charge in [-0.3, -0.25) is 9.20 Å². The van der Waals surface area contributed by atoms with Crippen molar-refractivity contribution in [1.82, 2.24) is 9.38 Å². The molecule has 0 unspecified atom stereocenters. The maximum absolute atomic E-state index is 12.2. The quantitative estimate of drug-likeness (QED) is 0.740. The fraction of sp³-hybridized carbons (Fsp3) is 0.125. The van der Waals surface area contributed by atoms with Gasteiger partial charge >= 0.3 is 0 Å². The second-order valence-corrected chi connectivity index (χ2v) is 4.51. The largest absolute Gasteiger partial charge is 0.497 e. The first-order valence-corrected chi connectivity index (χ1v) is 6.43. The van der Waals surface area contributed by atoms with Gasteiger partial charge in [-0.1, -0.05) is 12.1 Å². The highest BCUT2D eigenvalue weighted by Gasteiger charge is 2.06. The third kappa shape index (κ3) is 2.45. The van der Waals surface area contributed by atoms with Crippen LogP contribution in [0.2, 0.25) is 0 Å². The summed E-state index contributed by atoms with van der Waals surface area (Å²) in [6.07, 6.45) is 1.65. The molecule has 1 aromatic carbocycles. The standard InChI is InChI=1S/C16H14N2O3/c1-20-12-5-3-4-11(8-12)14-10-16(19)18-7-6-13(21-2)9-15(18)17-14/h3-10H,1-2H3. The van der Waals surface area contributed by atoms with Gasteiger partial charge in [0.25, 0.3) is 5.56 Å². The summed E-state index contributed by atoms with van der Waals surface area (Å²) in [5, 5.41) is 0. The topological polar surface area (TPSA) is 52.8 Å². The summed E-state index contributed by atoms with van der Waals surface area (Å²) in [6, 6.07) is 12.4. The zero-order valence-electron chi connectivity index (χ0n) is 11.7. The van der Waals surface area contributed by atoms with Crippen molar-refractivity contribution in [3.8, 4) is 22.8 Å². The van der Waals surface area contributed by atoms with E-state index in [1.165, 1.54) is 10.5 Å². The first-order chi connectivity index (χ1) is 10.2. The van der Waals surface area contributed by atoms with Crippen LogP contribution >= 0.6 is 0 Å². The van der Waals surface area contributed by atoms with E-state index in [-0.39, 0.29) is 5.56 Å². The van der Waals surface area contributed by atoms with Crippen LogP contribution in [-0.4, -0.2) is 23.6 Å². The molecule has 106 valence electrons. The minimum Gasteiger partial charge on any atom is -0.497 e. The normalized spacial score (nSPS) is 10.6. The van der Waals surface area contributed by atoms with Gasteiger partial charge in [0.05, 0.1) is 19.9 Å². The van der Waals surface area contributed by atoms with Crippen LogP contribution < -0.4 is 15.0 Å². The van der Waals surface area contributed by atoms with Crippen molar-refractivity contribution >= 4 is 5.65 Å². The van der Waals surface area contributed by atoms with Gasteiger partial charge in [-0.25, -0.2) is 4.98 Å². The lowest BCUT2D eigenvalue weighted by atomic mass is 10.1. The van der Waals surface area contributed by atoms with Gasteiger partial charge in [-0.2, -0.15) is 0 Å². The fourth-order valence-corrected chi connectivity index (χ4v) is 2.14. The molecule has 0 amide bonds. The summed E-state index contributed by atoms with van der Waals surface area (Å²) < 4.78 is 11.8. The zero-order chi connectivity index (χ0) is 14.8. The number of hydrogen-bond donors (Lipinski definition) is 0. The molecule has 0 aliphatic heterocycles. The second kappa shape index (κ2) is 5.28. The molecular weight excluding hydrogens is 268 g/mol. The van der Waals surface area contributed by atoms with Gasteiger partial charge in [0.2, 0.25) is 0 Å². The molecule has 0 fully saturated rings. The van der Waals surface area contributed by atoms with Gasteiger partial charge in [-0.05, 0) is 18.2 Å². The van der Waals surface area contributed by atoms with Crippen LogP contribution in [0.1, 0.15) is 0 Å². The molecule has 3 aromatic rings. The Balaban J connectivity index is 2.21. The zero-order valence-corrected chi connectivity index (χ0v) is 11.7. The summed E-state index contributed by atoms with van der Waals surface area (Å²) in [6.45, 7) is 0.